The minimum absolute atomic E-state index is 0.109. The van der Waals surface area contributed by atoms with Crippen LogP contribution in [0.1, 0.15) is 32.8 Å². The van der Waals surface area contributed by atoms with Gasteiger partial charge in [-0.2, -0.15) is 0 Å². The molecule has 1 amide bonds. The third-order valence-corrected chi connectivity index (χ3v) is 6.81. The van der Waals surface area contributed by atoms with Crippen molar-refractivity contribution in [2.75, 3.05) is 18.4 Å². The molecule has 1 heterocycles. The predicted octanol–water partition coefficient (Wildman–Crippen LogP) is 3.49. The first-order chi connectivity index (χ1) is 14.3. The third kappa shape index (κ3) is 5.56. The second kappa shape index (κ2) is 9.55. The van der Waals surface area contributed by atoms with Gasteiger partial charge in [-0.3, -0.25) is 9.69 Å². The Kier molecular flexibility index (Phi) is 7.07. The number of nitrogens with one attached hydrogen (secondary N) is 2. The van der Waals surface area contributed by atoms with Crippen LogP contribution >= 0.6 is 0 Å². The number of benzene rings is 2. The molecule has 0 fully saturated rings. The molecule has 2 aromatic carbocycles. The highest BCUT2D eigenvalue weighted by Gasteiger charge is 2.23. The van der Waals surface area contributed by atoms with Crippen LogP contribution in [0.2, 0.25) is 0 Å². The van der Waals surface area contributed by atoms with E-state index in [9.17, 15) is 13.2 Å². The molecule has 2 aromatic rings. The Hall–Kier alpha value is -2.48. The highest BCUT2D eigenvalue weighted by molar-refractivity contribution is 7.89. The maximum atomic E-state index is 12.7. The molecule has 0 saturated heterocycles. The van der Waals surface area contributed by atoms with Gasteiger partial charge in [0.15, 0.2) is 0 Å². The molecule has 0 saturated carbocycles. The van der Waals surface area contributed by atoms with Gasteiger partial charge in [-0.1, -0.05) is 36.4 Å². The standard InChI is InChI=1S/C23H29N3O3S/c1-17(2)25-30(28,29)22-11-9-21(10-12-22)24-23(27)18(3)26-15-13-20(14-16-26)19-7-5-4-6-8-19/h4-13,17-18,25H,14-16H2,1-3H3,(H,24,27)/t18-/m0/s1. The van der Waals surface area contributed by atoms with Gasteiger partial charge in [0.2, 0.25) is 15.9 Å². The van der Waals surface area contributed by atoms with Crippen LogP contribution in [0.3, 0.4) is 0 Å². The number of rotatable bonds is 7. The minimum Gasteiger partial charge on any atom is -0.325 e. The maximum Gasteiger partial charge on any atom is 0.241 e. The van der Waals surface area contributed by atoms with Gasteiger partial charge >= 0.3 is 0 Å². The molecule has 0 aromatic heterocycles. The number of sulfonamides is 1. The van der Waals surface area contributed by atoms with Gasteiger partial charge in [0, 0.05) is 24.8 Å². The van der Waals surface area contributed by atoms with E-state index in [0.29, 0.717) is 5.69 Å². The van der Waals surface area contributed by atoms with Gasteiger partial charge in [0.05, 0.1) is 10.9 Å². The summed E-state index contributed by atoms with van der Waals surface area (Å²) in [5.41, 5.74) is 3.12. The fourth-order valence-electron chi connectivity index (χ4n) is 3.46. The molecule has 0 radical (unpaired) electrons. The minimum atomic E-state index is -3.54. The second-order valence-electron chi connectivity index (χ2n) is 7.81. The van der Waals surface area contributed by atoms with E-state index in [1.165, 1.54) is 23.3 Å². The lowest BCUT2D eigenvalue weighted by Crippen LogP contribution is -2.44. The predicted molar refractivity (Wildman–Crippen MR) is 121 cm³/mol. The fraction of sp³-hybridized carbons (Fsp3) is 0.348. The molecule has 1 aliphatic heterocycles. The number of hydrogen-bond donors (Lipinski definition) is 2. The Labute approximate surface area is 179 Å². The van der Waals surface area contributed by atoms with Crippen molar-refractivity contribution in [3.8, 4) is 0 Å². The molecule has 1 atom stereocenters. The first-order valence-electron chi connectivity index (χ1n) is 10.2. The summed E-state index contributed by atoms with van der Waals surface area (Å²) in [6, 6.07) is 16.1. The van der Waals surface area contributed by atoms with E-state index < -0.39 is 10.0 Å². The van der Waals surface area contributed by atoms with Crippen LogP contribution in [0.4, 0.5) is 5.69 Å². The molecule has 2 N–H and O–H groups in total. The molecule has 0 bridgehead atoms. The third-order valence-electron chi connectivity index (χ3n) is 5.14. The van der Waals surface area contributed by atoms with E-state index in [4.69, 9.17) is 0 Å². The van der Waals surface area contributed by atoms with Crippen molar-refractivity contribution in [2.24, 2.45) is 0 Å². The van der Waals surface area contributed by atoms with E-state index in [0.717, 1.165) is 19.5 Å². The Morgan fingerprint density at radius 1 is 1.00 bits per heavy atom. The van der Waals surface area contributed by atoms with Crippen LogP contribution < -0.4 is 10.0 Å². The molecule has 6 nitrogen and oxygen atoms in total. The largest absolute Gasteiger partial charge is 0.325 e. The maximum absolute atomic E-state index is 12.7. The lowest BCUT2D eigenvalue weighted by molar-refractivity contribution is -0.120. The zero-order valence-electron chi connectivity index (χ0n) is 17.6. The van der Waals surface area contributed by atoms with E-state index in [1.54, 1.807) is 26.0 Å². The van der Waals surface area contributed by atoms with Crippen molar-refractivity contribution in [1.82, 2.24) is 9.62 Å². The van der Waals surface area contributed by atoms with Crippen molar-refractivity contribution in [3.63, 3.8) is 0 Å². The Bertz CT molecular complexity index is 1000. The van der Waals surface area contributed by atoms with Crippen molar-refractivity contribution < 1.29 is 13.2 Å². The quantitative estimate of drug-likeness (QED) is 0.709. The van der Waals surface area contributed by atoms with Gasteiger partial charge in [0.25, 0.3) is 0 Å². The lowest BCUT2D eigenvalue weighted by Gasteiger charge is -2.31. The molecular weight excluding hydrogens is 398 g/mol. The smallest absolute Gasteiger partial charge is 0.241 e. The molecular formula is C23H29N3O3S. The molecule has 0 unspecified atom stereocenters. The topological polar surface area (TPSA) is 78.5 Å². The van der Waals surface area contributed by atoms with Crippen LogP contribution in [0.25, 0.3) is 5.57 Å². The van der Waals surface area contributed by atoms with Crippen molar-refractivity contribution in [3.05, 3.63) is 66.2 Å². The van der Waals surface area contributed by atoms with Crippen LogP contribution in [-0.2, 0) is 14.8 Å². The first kappa shape index (κ1) is 22.2. The van der Waals surface area contributed by atoms with E-state index in [1.807, 2.05) is 25.1 Å². The van der Waals surface area contributed by atoms with Crippen LogP contribution in [0.15, 0.2) is 65.6 Å². The number of carbonyl (C=O) groups is 1. The first-order valence-corrected chi connectivity index (χ1v) is 11.7. The van der Waals surface area contributed by atoms with Gasteiger partial charge < -0.3 is 5.32 Å². The Balaban J connectivity index is 1.59. The molecule has 30 heavy (non-hydrogen) atoms. The van der Waals surface area contributed by atoms with Crippen molar-refractivity contribution in [1.29, 1.82) is 0 Å². The highest BCUT2D eigenvalue weighted by atomic mass is 32.2. The zero-order chi connectivity index (χ0) is 21.7. The number of amides is 1. The summed E-state index contributed by atoms with van der Waals surface area (Å²) in [6.45, 7) is 6.96. The van der Waals surface area contributed by atoms with Gasteiger partial charge in [-0.15, -0.1) is 0 Å². The molecule has 0 aliphatic carbocycles. The van der Waals surface area contributed by atoms with Crippen molar-refractivity contribution >= 4 is 27.2 Å². The van der Waals surface area contributed by atoms with E-state index in [2.05, 4.69) is 33.1 Å². The summed E-state index contributed by atoms with van der Waals surface area (Å²) in [4.78, 5) is 15.0. The molecule has 3 rings (SSSR count). The van der Waals surface area contributed by atoms with Crippen molar-refractivity contribution in [2.45, 2.75) is 44.2 Å². The monoisotopic (exact) mass is 427 g/mol. The summed E-state index contributed by atoms with van der Waals surface area (Å²) in [7, 11) is -3.54. The highest BCUT2D eigenvalue weighted by Crippen LogP contribution is 2.23. The molecule has 7 heteroatoms. The average molecular weight is 428 g/mol. The second-order valence-corrected chi connectivity index (χ2v) is 9.52. The van der Waals surface area contributed by atoms with E-state index >= 15 is 0 Å². The Morgan fingerprint density at radius 2 is 1.67 bits per heavy atom. The summed E-state index contributed by atoms with van der Waals surface area (Å²) < 4.78 is 27.0. The number of nitrogens with zero attached hydrogens (tertiary/aromatic N) is 1. The molecule has 160 valence electrons. The van der Waals surface area contributed by atoms with Crippen LogP contribution in [0.5, 0.6) is 0 Å². The zero-order valence-corrected chi connectivity index (χ0v) is 18.4. The van der Waals surface area contributed by atoms with Gasteiger partial charge in [0.1, 0.15) is 0 Å². The SMILES string of the molecule is CC(C)NS(=O)(=O)c1ccc(NC(=O)[C@H](C)N2CC=C(c3ccccc3)CC2)cc1. The summed E-state index contributed by atoms with van der Waals surface area (Å²) >= 11 is 0. The van der Waals surface area contributed by atoms with Gasteiger partial charge in [-0.25, -0.2) is 13.1 Å². The Morgan fingerprint density at radius 3 is 2.23 bits per heavy atom. The lowest BCUT2D eigenvalue weighted by atomic mass is 9.99. The summed E-state index contributed by atoms with van der Waals surface area (Å²) in [6.07, 6.45) is 3.08. The van der Waals surface area contributed by atoms with Crippen LogP contribution in [0, 0.1) is 0 Å². The molecule has 0 spiro atoms. The number of hydrogen-bond acceptors (Lipinski definition) is 4. The average Bonchev–Trinajstić information content (AvgIpc) is 2.73. The fourth-order valence-corrected chi connectivity index (χ4v) is 4.71. The molecule has 1 aliphatic rings. The summed E-state index contributed by atoms with van der Waals surface area (Å²) in [5, 5.41) is 2.88. The van der Waals surface area contributed by atoms with E-state index in [-0.39, 0.29) is 22.9 Å². The number of anilines is 1. The summed E-state index contributed by atoms with van der Waals surface area (Å²) in [5.74, 6) is -0.109. The normalized spacial score (nSPS) is 16.2. The van der Waals surface area contributed by atoms with Gasteiger partial charge in [-0.05, 0) is 62.6 Å². The van der Waals surface area contributed by atoms with Crippen LogP contribution in [-0.4, -0.2) is 44.4 Å². The number of carbonyl (C=O) groups excluding carboxylic acids is 1.